The van der Waals surface area contributed by atoms with E-state index in [1.807, 2.05) is 13.0 Å². The molecule has 0 bridgehead atoms. The Labute approximate surface area is 104 Å². The molecule has 5 heteroatoms. The second-order valence-corrected chi connectivity index (χ2v) is 4.46. The third-order valence-corrected chi connectivity index (χ3v) is 3.22. The van der Waals surface area contributed by atoms with E-state index in [0.29, 0.717) is 12.4 Å². The van der Waals surface area contributed by atoms with Crippen LogP contribution in [0.5, 0.6) is 0 Å². The summed E-state index contributed by atoms with van der Waals surface area (Å²) in [6.07, 6.45) is 4.29. The van der Waals surface area contributed by atoms with Gasteiger partial charge in [-0.05, 0) is 18.6 Å². The number of aryl methyl sites for hydroxylation is 1. The van der Waals surface area contributed by atoms with Gasteiger partial charge in [-0.15, -0.1) is 0 Å². The summed E-state index contributed by atoms with van der Waals surface area (Å²) in [5, 5.41) is 3.18. The smallest absolute Gasteiger partial charge is 0.255 e. The summed E-state index contributed by atoms with van der Waals surface area (Å²) >= 11 is 0. The van der Waals surface area contributed by atoms with E-state index < -0.39 is 0 Å². The molecule has 1 aliphatic heterocycles. The maximum atomic E-state index is 12.0. The number of pyridine rings is 1. The van der Waals surface area contributed by atoms with Crippen LogP contribution in [0.3, 0.4) is 0 Å². The number of nitrogens with zero attached hydrogens (tertiary/aromatic N) is 2. The van der Waals surface area contributed by atoms with Crippen molar-refractivity contribution >= 4 is 0 Å². The van der Waals surface area contributed by atoms with Crippen molar-refractivity contribution in [2.75, 3.05) is 6.54 Å². The van der Waals surface area contributed by atoms with Crippen molar-refractivity contribution in [1.82, 2.24) is 20.3 Å². The van der Waals surface area contributed by atoms with E-state index in [9.17, 15) is 4.79 Å². The van der Waals surface area contributed by atoms with Crippen LogP contribution in [0, 0.1) is 6.92 Å². The third kappa shape index (κ3) is 1.82. The average Bonchev–Trinajstić information content (AvgIpc) is 2.39. The number of hydrogen-bond acceptors (Lipinski definition) is 4. The highest BCUT2D eigenvalue weighted by atomic mass is 16.1. The number of aromatic amines is 1. The molecule has 2 aromatic rings. The summed E-state index contributed by atoms with van der Waals surface area (Å²) in [4.78, 5) is 23.5. The second kappa shape index (κ2) is 4.34. The van der Waals surface area contributed by atoms with E-state index in [1.54, 1.807) is 12.4 Å². The Kier molecular flexibility index (Phi) is 2.68. The van der Waals surface area contributed by atoms with Gasteiger partial charge in [-0.2, -0.15) is 0 Å². The minimum atomic E-state index is -0.0431. The van der Waals surface area contributed by atoms with Gasteiger partial charge in [0, 0.05) is 37.5 Å². The van der Waals surface area contributed by atoms with Gasteiger partial charge in [0.05, 0.1) is 11.3 Å². The normalized spacial score (nSPS) is 14.3. The fraction of sp³-hybridized carbons (Fsp3) is 0.308. The summed E-state index contributed by atoms with van der Waals surface area (Å²) in [5.74, 6) is 0.639. The van der Waals surface area contributed by atoms with Gasteiger partial charge in [-0.1, -0.05) is 0 Å². The molecule has 2 aromatic heterocycles. The Balaban J connectivity index is 2.17. The van der Waals surface area contributed by atoms with Crippen LogP contribution in [-0.4, -0.2) is 21.5 Å². The van der Waals surface area contributed by atoms with Crippen molar-refractivity contribution in [1.29, 1.82) is 0 Å². The van der Waals surface area contributed by atoms with E-state index in [1.165, 1.54) is 0 Å². The minimum absolute atomic E-state index is 0.0431. The molecule has 0 spiro atoms. The molecule has 0 fully saturated rings. The molecule has 5 nitrogen and oxygen atoms in total. The summed E-state index contributed by atoms with van der Waals surface area (Å²) < 4.78 is 0. The summed E-state index contributed by atoms with van der Waals surface area (Å²) in [6, 6.07) is 1.88. The standard InChI is InChI=1S/C13H14N4O/c1-8-6-14-4-2-9(8)12-16-11-3-5-15-7-10(11)13(18)17-12/h2,4,6,15H,3,5,7H2,1H3,(H,16,17,18). The van der Waals surface area contributed by atoms with Gasteiger partial charge in [0.15, 0.2) is 0 Å². The molecule has 0 saturated heterocycles. The number of H-pyrrole nitrogens is 1. The molecule has 0 radical (unpaired) electrons. The maximum absolute atomic E-state index is 12.0. The minimum Gasteiger partial charge on any atom is -0.312 e. The third-order valence-electron chi connectivity index (χ3n) is 3.22. The fourth-order valence-corrected chi connectivity index (χ4v) is 2.22. The van der Waals surface area contributed by atoms with E-state index in [0.717, 1.165) is 35.3 Å². The van der Waals surface area contributed by atoms with Gasteiger partial charge >= 0.3 is 0 Å². The van der Waals surface area contributed by atoms with Gasteiger partial charge in [0.2, 0.25) is 0 Å². The van der Waals surface area contributed by atoms with Crippen LogP contribution < -0.4 is 10.9 Å². The highest BCUT2D eigenvalue weighted by Gasteiger charge is 2.16. The quantitative estimate of drug-likeness (QED) is 0.775. The summed E-state index contributed by atoms with van der Waals surface area (Å²) in [6.45, 7) is 3.44. The Bertz CT molecular complexity index is 648. The Hall–Kier alpha value is -2.01. The van der Waals surface area contributed by atoms with Gasteiger partial charge in [0.25, 0.3) is 5.56 Å². The summed E-state index contributed by atoms with van der Waals surface area (Å²) in [5.41, 5.74) is 3.57. The number of fused-ring (bicyclic) bond motifs is 1. The zero-order valence-corrected chi connectivity index (χ0v) is 10.2. The molecule has 2 N–H and O–H groups in total. The molecule has 92 valence electrons. The molecule has 18 heavy (non-hydrogen) atoms. The lowest BCUT2D eigenvalue weighted by Gasteiger charge is -2.16. The molecule has 1 aliphatic rings. The van der Waals surface area contributed by atoms with Crippen LogP contribution in [0.2, 0.25) is 0 Å². The Morgan fingerprint density at radius 1 is 1.39 bits per heavy atom. The molecular weight excluding hydrogens is 228 g/mol. The summed E-state index contributed by atoms with van der Waals surface area (Å²) in [7, 11) is 0. The number of nitrogens with one attached hydrogen (secondary N) is 2. The highest BCUT2D eigenvalue weighted by molar-refractivity contribution is 5.58. The fourth-order valence-electron chi connectivity index (χ4n) is 2.22. The molecule has 0 amide bonds. The van der Waals surface area contributed by atoms with Crippen LogP contribution in [0.25, 0.3) is 11.4 Å². The van der Waals surface area contributed by atoms with E-state index in [4.69, 9.17) is 0 Å². The predicted molar refractivity (Wildman–Crippen MR) is 68.2 cm³/mol. The van der Waals surface area contributed by atoms with E-state index in [-0.39, 0.29) is 5.56 Å². The van der Waals surface area contributed by atoms with Crippen LogP contribution in [0.4, 0.5) is 0 Å². The lowest BCUT2D eigenvalue weighted by molar-refractivity contribution is 0.621. The Morgan fingerprint density at radius 3 is 3.11 bits per heavy atom. The molecule has 0 unspecified atom stereocenters. The molecule has 3 heterocycles. The zero-order valence-electron chi connectivity index (χ0n) is 10.2. The lowest BCUT2D eigenvalue weighted by atomic mass is 10.1. The molecule has 0 aliphatic carbocycles. The molecule has 0 atom stereocenters. The average molecular weight is 242 g/mol. The number of rotatable bonds is 1. The second-order valence-electron chi connectivity index (χ2n) is 4.46. The zero-order chi connectivity index (χ0) is 12.5. The predicted octanol–water partition coefficient (Wildman–Crippen LogP) is 0.786. The van der Waals surface area contributed by atoms with Crippen molar-refractivity contribution in [3.63, 3.8) is 0 Å². The SMILES string of the molecule is Cc1cnccc1-c1nc2c(c(=O)[nH]1)CNCC2. The van der Waals surface area contributed by atoms with Gasteiger partial charge in [-0.25, -0.2) is 4.98 Å². The van der Waals surface area contributed by atoms with Crippen molar-refractivity contribution in [2.24, 2.45) is 0 Å². The monoisotopic (exact) mass is 242 g/mol. The van der Waals surface area contributed by atoms with Crippen LogP contribution in [0.1, 0.15) is 16.8 Å². The number of aromatic nitrogens is 3. The first-order chi connectivity index (χ1) is 8.75. The maximum Gasteiger partial charge on any atom is 0.255 e. The first-order valence-electron chi connectivity index (χ1n) is 5.99. The van der Waals surface area contributed by atoms with Gasteiger partial charge in [0.1, 0.15) is 5.82 Å². The van der Waals surface area contributed by atoms with Crippen LogP contribution >= 0.6 is 0 Å². The Morgan fingerprint density at radius 2 is 2.28 bits per heavy atom. The molecule has 0 aromatic carbocycles. The first-order valence-corrected chi connectivity index (χ1v) is 5.99. The number of hydrogen-bond donors (Lipinski definition) is 2. The van der Waals surface area contributed by atoms with Gasteiger partial charge < -0.3 is 10.3 Å². The first kappa shape index (κ1) is 11.1. The largest absolute Gasteiger partial charge is 0.312 e. The lowest BCUT2D eigenvalue weighted by Crippen LogP contribution is -2.31. The highest BCUT2D eigenvalue weighted by Crippen LogP contribution is 2.18. The van der Waals surface area contributed by atoms with E-state index in [2.05, 4.69) is 20.3 Å². The molecule has 0 saturated carbocycles. The van der Waals surface area contributed by atoms with Crippen molar-refractivity contribution in [2.45, 2.75) is 19.9 Å². The van der Waals surface area contributed by atoms with Crippen molar-refractivity contribution in [3.8, 4) is 11.4 Å². The topological polar surface area (TPSA) is 70.7 Å². The van der Waals surface area contributed by atoms with Crippen LogP contribution in [-0.2, 0) is 13.0 Å². The van der Waals surface area contributed by atoms with Crippen molar-refractivity contribution < 1.29 is 0 Å². The van der Waals surface area contributed by atoms with Crippen LogP contribution in [0.15, 0.2) is 23.3 Å². The van der Waals surface area contributed by atoms with Gasteiger partial charge in [-0.3, -0.25) is 9.78 Å². The molecule has 3 rings (SSSR count). The van der Waals surface area contributed by atoms with Crippen molar-refractivity contribution in [3.05, 3.63) is 45.6 Å². The van der Waals surface area contributed by atoms with E-state index >= 15 is 0 Å². The molecular formula is C13H14N4O.